The normalized spacial score (nSPS) is 38.8. The molecular weight excluding hydrogens is 218 g/mol. The summed E-state index contributed by atoms with van der Waals surface area (Å²) < 4.78 is 0. The summed E-state index contributed by atoms with van der Waals surface area (Å²) >= 11 is 2.16. The number of hydrogen-bond acceptors (Lipinski definition) is 4. The van der Waals surface area contributed by atoms with Gasteiger partial charge in [0.25, 0.3) is 0 Å². The third-order valence-electron chi connectivity index (χ3n) is 4.32. The lowest BCUT2D eigenvalue weighted by Crippen LogP contribution is -2.62. The fraction of sp³-hybridized carbons (Fsp3) is 1.00. The molecule has 0 aromatic rings. The molecule has 3 rings (SSSR count). The molecule has 0 saturated carbocycles. The third-order valence-corrected chi connectivity index (χ3v) is 5.66. The van der Waals surface area contributed by atoms with E-state index in [0.717, 1.165) is 17.3 Å². The van der Waals surface area contributed by atoms with Crippen LogP contribution in [-0.2, 0) is 0 Å². The molecule has 16 heavy (non-hydrogen) atoms. The van der Waals surface area contributed by atoms with Gasteiger partial charge in [-0.1, -0.05) is 6.92 Å². The molecule has 3 heterocycles. The maximum Gasteiger partial charge on any atom is 0.0346 e. The Morgan fingerprint density at radius 2 is 1.62 bits per heavy atom. The number of nitrogens with zero attached hydrogens (tertiary/aromatic N) is 2. The molecule has 4 heteroatoms. The Labute approximate surface area is 103 Å². The van der Waals surface area contributed by atoms with E-state index in [0.29, 0.717) is 0 Å². The summed E-state index contributed by atoms with van der Waals surface area (Å²) in [6.45, 7) is 10.0. The standard InChI is InChI=1S/C12H23N3S/c1-10-6-11(9-16-10)14-2-4-15(5-3-14)12-7-13-8-12/h10-13H,2-9H2,1H3. The highest BCUT2D eigenvalue weighted by atomic mass is 32.2. The van der Waals surface area contributed by atoms with Crippen molar-refractivity contribution in [1.82, 2.24) is 15.1 Å². The van der Waals surface area contributed by atoms with E-state index < -0.39 is 0 Å². The van der Waals surface area contributed by atoms with Crippen molar-refractivity contribution in [2.45, 2.75) is 30.7 Å². The summed E-state index contributed by atoms with van der Waals surface area (Å²) in [5, 5.41) is 4.26. The summed E-state index contributed by atoms with van der Waals surface area (Å²) in [7, 11) is 0. The van der Waals surface area contributed by atoms with Gasteiger partial charge in [-0.05, 0) is 6.42 Å². The van der Waals surface area contributed by atoms with E-state index in [1.165, 1.54) is 51.4 Å². The molecule has 0 aliphatic carbocycles. The van der Waals surface area contributed by atoms with Crippen LogP contribution in [0.5, 0.6) is 0 Å². The van der Waals surface area contributed by atoms with Gasteiger partial charge < -0.3 is 5.32 Å². The van der Waals surface area contributed by atoms with E-state index >= 15 is 0 Å². The minimum Gasteiger partial charge on any atom is -0.314 e. The second-order valence-corrected chi connectivity index (χ2v) is 6.89. The minimum absolute atomic E-state index is 0.846. The molecule has 92 valence electrons. The van der Waals surface area contributed by atoms with E-state index in [2.05, 4.69) is 33.8 Å². The van der Waals surface area contributed by atoms with Gasteiger partial charge in [0, 0.05) is 62.4 Å². The molecule has 3 fully saturated rings. The summed E-state index contributed by atoms with van der Waals surface area (Å²) in [5.74, 6) is 1.37. The number of rotatable bonds is 2. The van der Waals surface area contributed by atoms with E-state index in [9.17, 15) is 0 Å². The Morgan fingerprint density at radius 3 is 2.06 bits per heavy atom. The van der Waals surface area contributed by atoms with Gasteiger partial charge in [-0.25, -0.2) is 0 Å². The molecule has 3 nitrogen and oxygen atoms in total. The topological polar surface area (TPSA) is 18.5 Å². The van der Waals surface area contributed by atoms with Gasteiger partial charge in [-0.15, -0.1) is 0 Å². The lowest BCUT2D eigenvalue weighted by atomic mass is 10.1. The molecule has 0 bridgehead atoms. The highest BCUT2D eigenvalue weighted by Gasteiger charge is 2.32. The van der Waals surface area contributed by atoms with Crippen LogP contribution in [0.1, 0.15) is 13.3 Å². The van der Waals surface area contributed by atoms with Crippen LogP contribution < -0.4 is 5.32 Å². The van der Waals surface area contributed by atoms with Crippen LogP contribution in [0.15, 0.2) is 0 Å². The fourth-order valence-corrected chi connectivity index (χ4v) is 4.30. The first-order chi connectivity index (χ1) is 7.83. The molecule has 0 radical (unpaired) electrons. The average molecular weight is 241 g/mol. The molecule has 0 aromatic heterocycles. The van der Waals surface area contributed by atoms with Crippen LogP contribution in [-0.4, -0.2) is 72.2 Å². The second-order valence-electron chi connectivity index (χ2n) is 5.42. The van der Waals surface area contributed by atoms with Crippen molar-refractivity contribution in [2.24, 2.45) is 0 Å². The number of hydrogen-bond donors (Lipinski definition) is 1. The van der Waals surface area contributed by atoms with Crippen LogP contribution >= 0.6 is 11.8 Å². The quantitative estimate of drug-likeness (QED) is 0.757. The average Bonchev–Trinajstić information content (AvgIpc) is 2.63. The fourth-order valence-electron chi connectivity index (χ4n) is 3.05. The van der Waals surface area contributed by atoms with Crippen molar-refractivity contribution in [3.05, 3.63) is 0 Å². The van der Waals surface area contributed by atoms with E-state index in [4.69, 9.17) is 0 Å². The highest BCUT2D eigenvalue weighted by molar-refractivity contribution is 8.00. The van der Waals surface area contributed by atoms with Crippen LogP contribution in [0.25, 0.3) is 0 Å². The maximum atomic E-state index is 3.37. The van der Waals surface area contributed by atoms with E-state index in [1.54, 1.807) is 0 Å². The van der Waals surface area contributed by atoms with Gasteiger partial charge >= 0.3 is 0 Å². The van der Waals surface area contributed by atoms with Gasteiger partial charge in [0.2, 0.25) is 0 Å². The first-order valence-electron chi connectivity index (χ1n) is 6.63. The maximum absolute atomic E-state index is 3.37. The van der Waals surface area contributed by atoms with E-state index in [1.807, 2.05) is 0 Å². The van der Waals surface area contributed by atoms with Crippen molar-refractivity contribution in [3.8, 4) is 0 Å². The van der Waals surface area contributed by atoms with Gasteiger partial charge in [0.15, 0.2) is 0 Å². The smallest absolute Gasteiger partial charge is 0.0346 e. The van der Waals surface area contributed by atoms with Gasteiger partial charge in [-0.3, -0.25) is 9.80 Å². The molecule has 2 unspecified atom stereocenters. The lowest BCUT2D eigenvalue weighted by molar-refractivity contribution is 0.0561. The van der Waals surface area contributed by atoms with Crippen LogP contribution in [0.4, 0.5) is 0 Å². The van der Waals surface area contributed by atoms with Crippen molar-refractivity contribution in [3.63, 3.8) is 0 Å². The minimum atomic E-state index is 0.846. The Balaban J connectivity index is 1.46. The number of piperazine rings is 1. The molecule has 0 amide bonds. The predicted octanol–water partition coefficient (Wildman–Crippen LogP) is 0.470. The zero-order valence-electron chi connectivity index (χ0n) is 10.2. The monoisotopic (exact) mass is 241 g/mol. The summed E-state index contributed by atoms with van der Waals surface area (Å²) in [4.78, 5) is 5.41. The van der Waals surface area contributed by atoms with Crippen LogP contribution in [0, 0.1) is 0 Å². The van der Waals surface area contributed by atoms with Crippen molar-refractivity contribution < 1.29 is 0 Å². The SMILES string of the molecule is CC1CC(N2CCN(C3CNC3)CC2)CS1. The molecule has 0 aromatic carbocycles. The summed E-state index contributed by atoms with van der Waals surface area (Å²) in [6, 6.07) is 1.72. The molecule has 0 spiro atoms. The first-order valence-corrected chi connectivity index (χ1v) is 7.68. The van der Waals surface area contributed by atoms with Crippen LogP contribution in [0.2, 0.25) is 0 Å². The molecule has 3 saturated heterocycles. The molecular formula is C12H23N3S. The number of thioether (sulfide) groups is 1. The Kier molecular flexibility index (Phi) is 3.43. The highest BCUT2D eigenvalue weighted by Crippen LogP contribution is 2.30. The number of nitrogens with one attached hydrogen (secondary N) is 1. The molecule has 1 N–H and O–H groups in total. The molecule has 3 aliphatic heterocycles. The molecule has 3 aliphatic rings. The van der Waals surface area contributed by atoms with Crippen LogP contribution in [0.3, 0.4) is 0 Å². The third kappa shape index (κ3) is 2.26. The van der Waals surface area contributed by atoms with Crippen molar-refractivity contribution in [1.29, 1.82) is 0 Å². The Hall–Kier alpha value is 0.230. The van der Waals surface area contributed by atoms with Crippen molar-refractivity contribution in [2.75, 3.05) is 45.0 Å². The second kappa shape index (κ2) is 4.84. The zero-order valence-corrected chi connectivity index (χ0v) is 11.0. The van der Waals surface area contributed by atoms with Crippen molar-refractivity contribution >= 4 is 11.8 Å². The van der Waals surface area contributed by atoms with Gasteiger partial charge in [0.05, 0.1) is 0 Å². The summed E-state index contributed by atoms with van der Waals surface area (Å²) in [5.41, 5.74) is 0. The Morgan fingerprint density at radius 1 is 1.00 bits per heavy atom. The van der Waals surface area contributed by atoms with E-state index in [-0.39, 0.29) is 0 Å². The molecule has 2 atom stereocenters. The Bertz CT molecular complexity index is 236. The summed E-state index contributed by atoms with van der Waals surface area (Å²) in [6.07, 6.45) is 1.41. The lowest BCUT2D eigenvalue weighted by Gasteiger charge is -2.44. The first kappa shape index (κ1) is 11.3. The van der Waals surface area contributed by atoms with Gasteiger partial charge in [0.1, 0.15) is 0 Å². The zero-order chi connectivity index (χ0) is 11.0. The predicted molar refractivity (Wildman–Crippen MR) is 70.1 cm³/mol. The van der Waals surface area contributed by atoms with Gasteiger partial charge in [-0.2, -0.15) is 11.8 Å². The largest absolute Gasteiger partial charge is 0.314 e.